The number of benzene rings is 1. The summed E-state index contributed by atoms with van der Waals surface area (Å²) in [7, 11) is 0. The van der Waals surface area contributed by atoms with Crippen LogP contribution in [0.4, 0.5) is 5.69 Å². The molecule has 31 heavy (non-hydrogen) atoms. The van der Waals surface area contributed by atoms with Crippen LogP contribution in [-0.4, -0.2) is 55.5 Å². The van der Waals surface area contributed by atoms with Crippen LogP contribution in [0, 0.1) is 5.92 Å². The molecule has 0 aromatic heterocycles. The summed E-state index contributed by atoms with van der Waals surface area (Å²) in [5.41, 5.74) is 8.50. The van der Waals surface area contributed by atoms with Crippen molar-refractivity contribution in [2.75, 3.05) is 37.6 Å². The van der Waals surface area contributed by atoms with Gasteiger partial charge in [0.1, 0.15) is 0 Å². The second-order valence-electron chi connectivity index (χ2n) is 7.54. The molecule has 2 rings (SSSR count). The van der Waals surface area contributed by atoms with Crippen LogP contribution in [0.25, 0.3) is 0 Å². The van der Waals surface area contributed by atoms with Crippen molar-refractivity contribution in [1.82, 2.24) is 10.2 Å². The average Bonchev–Trinajstić information content (AvgIpc) is 2.83. The van der Waals surface area contributed by atoms with Crippen molar-refractivity contribution in [2.45, 2.75) is 47.1 Å². The Morgan fingerprint density at radius 3 is 2.32 bits per heavy atom. The van der Waals surface area contributed by atoms with Crippen LogP contribution in [0.15, 0.2) is 54.1 Å². The molecule has 1 saturated heterocycles. The number of nitrogens with zero attached hydrogens (tertiary/aromatic N) is 2. The number of carbonyl (C=O) groups excluding carboxylic acids is 2. The van der Waals surface area contributed by atoms with E-state index in [2.05, 4.69) is 22.3 Å². The van der Waals surface area contributed by atoms with Gasteiger partial charge in [-0.3, -0.25) is 9.59 Å². The van der Waals surface area contributed by atoms with E-state index >= 15 is 0 Å². The first-order valence-electron chi connectivity index (χ1n) is 11.3. The molecule has 1 aromatic carbocycles. The predicted octanol–water partition coefficient (Wildman–Crippen LogP) is 3.35. The van der Waals surface area contributed by atoms with Gasteiger partial charge >= 0.3 is 0 Å². The third kappa shape index (κ3) is 8.58. The van der Waals surface area contributed by atoms with Crippen molar-refractivity contribution in [3.8, 4) is 0 Å². The van der Waals surface area contributed by atoms with Gasteiger partial charge in [-0.15, -0.1) is 0 Å². The van der Waals surface area contributed by atoms with Gasteiger partial charge in [-0.1, -0.05) is 62.8 Å². The molecule has 3 N–H and O–H groups in total. The smallest absolute Gasteiger partial charge is 0.240 e. The maximum Gasteiger partial charge on any atom is 0.240 e. The number of carbonyl (C=O) groups is 2. The molecule has 1 aliphatic heterocycles. The van der Waals surface area contributed by atoms with Crippen LogP contribution in [0.5, 0.6) is 0 Å². The average molecular weight is 429 g/mol. The van der Waals surface area contributed by atoms with Crippen LogP contribution < -0.4 is 16.0 Å². The Kier molecular flexibility index (Phi) is 12.3. The van der Waals surface area contributed by atoms with E-state index in [4.69, 9.17) is 5.73 Å². The highest BCUT2D eigenvalue weighted by molar-refractivity contribution is 5.89. The third-order valence-corrected chi connectivity index (χ3v) is 5.34. The van der Waals surface area contributed by atoms with Crippen LogP contribution in [-0.2, 0) is 9.59 Å². The van der Waals surface area contributed by atoms with E-state index in [1.165, 1.54) is 5.57 Å². The molecule has 2 atom stereocenters. The Labute approximate surface area is 188 Å². The number of anilines is 1. The summed E-state index contributed by atoms with van der Waals surface area (Å²) < 4.78 is 0. The first-order valence-corrected chi connectivity index (χ1v) is 11.3. The Balaban J connectivity index is 0.00000233. The minimum atomic E-state index is -0.821. The molecule has 1 aromatic rings. The number of nitrogens with one attached hydrogen (secondary N) is 1. The van der Waals surface area contributed by atoms with Gasteiger partial charge < -0.3 is 20.9 Å². The highest BCUT2D eigenvalue weighted by Gasteiger charge is 2.31. The highest BCUT2D eigenvalue weighted by atomic mass is 16.2. The van der Waals surface area contributed by atoms with Crippen LogP contribution >= 0.6 is 0 Å². The van der Waals surface area contributed by atoms with Crippen LogP contribution in [0.1, 0.15) is 41.0 Å². The number of amides is 2. The molecule has 0 spiro atoms. The molecule has 0 aliphatic carbocycles. The van der Waals surface area contributed by atoms with E-state index in [-0.39, 0.29) is 11.8 Å². The number of nitrogens with two attached hydrogens (primary N) is 1. The summed E-state index contributed by atoms with van der Waals surface area (Å²) in [4.78, 5) is 29.2. The van der Waals surface area contributed by atoms with E-state index in [1.54, 1.807) is 11.8 Å². The molecule has 0 saturated carbocycles. The van der Waals surface area contributed by atoms with Gasteiger partial charge in [0.2, 0.25) is 11.8 Å². The Morgan fingerprint density at radius 1 is 1.13 bits per heavy atom. The molecule has 0 bridgehead atoms. The maximum absolute atomic E-state index is 12.8. The Bertz CT molecular complexity index is 722. The predicted molar refractivity (Wildman–Crippen MR) is 130 cm³/mol. The SMILES string of the molecule is C/C=C\C=C(/C)CCNC(=O)C(C)C(N)C(=O)N1CCN(c2ccccc2)CC1.CC. The lowest BCUT2D eigenvalue weighted by molar-refractivity contribution is -0.137. The van der Waals surface area contributed by atoms with E-state index in [0.717, 1.165) is 25.2 Å². The summed E-state index contributed by atoms with van der Waals surface area (Å²) in [6.45, 7) is 13.0. The molecule has 1 aliphatic rings. The first kappa shape index (κ1) is 26.4. The molecule has 172 valence electrons. The fourth-order valence-electron chi connectivity index (χ4n) is 3.30. The van der Waals surface area contributed by atoms with E-state index in [1.807, 2.05) is 64.1 Å². The first-order chi connectivity index (χ1) is 14.9. The molecule has 2 unspecified atom stereocenters. The van der Waals surface area contributed by atoms with Crippen molar-refractivity contribution in [1.29, 1.82) is 0 Å². The number of hydrogen-bond donors (Lipinski definition) is 2. The van der Waals surface area contributed by atoms with Crippen molar-refractivity contribution in [3.63, 3.8) is 0 Å². The number of rotatable bonds is 8. The zero-order valence-corrected chi connectivity index (χ0v) is 19.8. The topological polar surface area (TPSA) is 78.7 Å². The second kappa shape index (κ2) is 14.4. The van der Waals surface area contributed by atoms with Crippen molar-refractivity contribution < 1.29 is 9.59 Å². The van der Waals surface area contributed by atoms with E-state index < -0.39 is 12.0 Å². The standard InChI is InChI=1S/C23H34N4O2.C2H6/c1-4-5-9-18(2)12-13-25-22(28)19(3)21(24)23(29)27-16-14-26(15-17-27)20-10-7-6-8-11-20;1-2/h4-11,19,21H,12-17,24H2,1-3H3,(H,25,28);1-2H3/b5-4-,18-9+;. The van der Waals surface area contributed by atoms with Crippen LogP contribution in [0.3, 0.4) is 0 Å². The summed E-state index contributed by atoms with van der Waals surface area (Å²) in [5.74, 6) is -0.883. The number of hydrogen-bond acceptors (Lipinski definition) is 4. The van der Waals surface area contributed by atoms with Crippen molar-refractivity contribution in [2.24, 2.45) is 11.7 Å². The van der Waals surface area contributed by atoms with Gasteiger partial charge in [0.15, 0.2) is 0 Å². The molecule has 1 heterocycles. The molecule has 6 heteroatoms. The fourth-order valence-corrected chi connectivity index (χ4v) is 3.30. The highest BCUT2D eigenvalue weighted by Crippen LogP contribution is 2.16. The largest absolute Gasteiger partial charge is 0.368 e. The van der Waals surface area contributed by atoms with Crippen LogP contribution in [0.2, 0.25) is 0 Å². The number of piperazine rings is 1. The van der Waals surface area contributed by atoms with Gasteiger partial charge in [0.25, 0.3) is 0 Å². The summed E-state index contributed by atoms with van der Waals surface area (Å²) in [6.07, 6.45) is 6.74. The zero-order valence-electron chi connectivity index (χ0n) is 19.8. The van der Waals surface area contributed by atoms with E-state index in [9.17, 15) is 9.59 Å². The van der Waals surface area contributed by atoms with Gasteiger partial charge in [0, 0.05) is 38.4 Å². The molecular formula is C25H40N4O2. The minimum absolute atomic E-state index is 0.149. The van der Waals surface area contributed by atoms with Gasteiger partial charge in [-0.25, -0.2) is 0 Å². The van der Waals surface area contributed by atoms with Crippen molar-refractivity contribution >= 4 is 17.5 Å². The quantitative estimate of drug-likeness (QED) is 0.623. The van der Waals surface area contributed by atoms with E-state index in [0.29, 0.717) is 19.6 Å². The van der Waals surface area contributed by atoms with Crippen molar-refractivity contribution in [3.05, 3.63) is 54.1 Å². The fraction of sp³-hybridized carbons (Fsp3) is 0.520. The lowest BCUT2D eigenvalue weighted by Gasteiger charge is -2.37. The monoisotopic (exact) mass is 428 g/mol. The molecule has 0 radical (unpaired) electrons. The molecule has 6 nitrogen and oxygen atoms in total. The van der Waals surface area contributed by atoms with Gasteiger partial charge in [-0.05, 0) is 32.4 Å². The van der Waals surface area contributed by atoms with Gasteiger partial charge in [-0.2, -0.15) is 0 Å². The molecule has 2 amide bonds. The Hall–Kier alpha value is -2.60. The lowest BCUT2D eigenvalue weighted by atomic mass is 10.00. The second-order valence-corrected chi connectivity index (χ2v) is 7.54. The van der Waals surface area contributed by atoms with Gasteiger partial charge in [0.05, 0.1) is 12.0 Å². The minimum Gasteiger partial charge on any atom is -0.368 e. The number of para-hydroxylation sites is 1. The molecule has 1 fully saturated rings. The Morgan fingerprint density at radius 2 is 1.74 bits per heavy atom. The summed E-state index contributed by atoms with van der Waals surface area (Å²) >= 11 is 0. The normalized spacial score (nSPS) is 16.4. The lowest BCUT2D eigenvalue weighted by Crippen LogP contribution is -2.56. The molecular weight excluding hydrogens is 388 g/mol. The third-order valence-electron chi connectivity index (χ3n) is 5.34. The number of allylic oxidation sites excluding steroid dienone is 3. The maximum atomic E-state index is 12.8. The summed E-state index contributed by atoms with van der Waals surface area (Å²) in [6, 6.07) is 9.35. The summed E-state index contributed by atoms with van der Waals surface area (Å²) in [5, 5.41) is 2.89. The zero-order chi connectivity index (χ0) is 23.2.